The van der Waals surface area contributed by atoms with Gasteiger partial charge in [-0.1, -0.05) is 18.2 Å². The van der Waals surface area contributed by atoms with E-state index in [1.54, 1.807) is 6.20 Å². The van der Waals surface area contributed by atoms with Gasteiger partial charge in [0.1, 0.15) is 0 Å². The fraction of sp³-hybridized carbons (Fsp3) is 0.360. The van der Waals surface area contributed by atoms with Gasteiger partial charge >= 0.3 is 0 Å². The largest absolute Gasteiger partial charge is 0.355 e. The average Bonchev–Trinajstić information content (AvgIpc) is 2.82. The maximum Gasteiger partial charge on any atom is 0.224 e. The van der Waals surface area contributed by atoms with Crippen LogP contribution in [0.3, 0.4) is 0 Å². The van der Waals surface area contributed by atoms with Crippen molar-refractivity contribution in [2.24, 2.45) is 5.92 Å². The zero-order valence-electron chi connectivity index (χ0n) is 18.2. The molecule has 1 N–H and O–H groups in total. The van der Waals surface area contributed by atoms with E-state index in [-0.39, 0.29) is 11.8 Å². The van der Waals surface area contributed by atoms with Crippen LogP contribution in [0.25, 0.3) is 11.3 Å². The third-order valence-corrected chi connectivity index (χ3v) is 6.01. The van der Waals surface area contributed by atoms with E-state index < -0.39 is 0 Å². The summed E-state index contributed by atoms with van der Waals surface area (Å²) >= 11 is 0. The number of aromatic nitrogens is 3. The van der Waals surface area contributed by atoms with Crippen molar-refractivity contribution in [3.8, 4) is 11.3 Å². The van der Waals surface area contributed by atoms with Crippen LogP contribution >= 0.6 is 0 Å². The Balaban J connectivity index is 1.34. The number of anilines is 1. The Bertz CT molecular complexity index is 1020. The molecule has 0 spiro atoms. The van der Waals surface area contributed by atoms with Crippen molar-refractivity contribution in [2.45, 2.75) is 33.1 Å². The van der Waals surface area contributed by atoms with Crippen LogP contribution in [0.2, 0.25) is 0 Å². The topological polar surface area (TPSA) is 71.0 Å². The van der Waals surface area contributed by atoms with Crippen LogP contribution in [0.1, 0.15) is 29.5 Å². The molecule has 0 radical (unpaired) electrons. The number of pyridine rings is 1. The number of aryl methyl sites for hydroxylation is 2. The minimum absolute atomic E-state index is 0.0242. The highest BCUT2D eigenvalue weighted by Gasteiger charge is 2.26. The Morgan fingerprint density at radius 3 is 2.77 bits per heavy atom. The number of hydrogen-bond donors (Lipinski definition) is 1. The van der Waals surface area contributed by atoms with E-state index in [4.69, 9.17) is 0 Å². The van der Waals surface area contributed by atoms with E-state index >= 15 is 0 Å². The third-order valence-electron chi connectivity index (χ3n) is 6.01. The molecule has 6 heteroatoms. The Kier molecular flexibility index (Phi) is 6.55. The molecule has 1 aliphatic rings. The van der Waals surface area contributed by atoms with Crippen molar-refractivity contribution < 1.29 is 4.79 Å². The van der Waals surface area contributed by atoms with Gasteiger partial charge in [-0.25, -0.2) is 0 Å². The molecule has 160 valence electrons. The minimum atomic E-state index is -0.0242. The predicted molar refractivity (Wildman–Crippen MR) is 123 cm³/mol. The number of nitrogens with zero attached hydrogens (tertiary/aromatic N) is 4. The smallest absolute Gasteiger partial charge is 0.224 e. The van der Waals surface area contributed by atoms with E-state index in [2.05, 4.69) is 57.4 Å². The second-order valence-electron chi connectivity index (χ2n) is 8.26. The van der Waals surface area contributed by atoms with Gasteiger partial charge in [0.05, 0.1) is 11.6 Å². The molecule has 0 aliphatic carbocycles. The molecule has 3 heterocycles. The summed E-state index contributed by atoms with van der Waals surface area (Å²) in [7, 11) is 0. The molecule has 1 amide bonds. The molecule has 3 aromatic rings. The monoisotopic (exact) mass is 415 g/mol. The van der Waals surface area contributed by atoms with E-state index in [9.17, 15) is 4.79 Å². The highest BCUT2D eigenvalue weighted by Crippen LogP contribution is 2.24. The molecule has 1 saturated heterocycles. The summed E-state index contributed by atoms with van der Waals surface area (Å²) in [5, 5.41) is 12.0. The Morgan fingerprint density at radius 1 is 1.13 bits per heavy atom. The highest BCUT2D eigenvalue weighted by atomic mass is 16.1. The molecule has 31 heavy (non-hydrogen) atoms. The lowest BCUT2D eigenvalue weighted by Crippen LogP contribution is -2.43. The van der Waals surface area contributed by atoms with E-state index in [1.165, 1.54) is 11.1 Å². The normalized spacial score (nSPS) is 16.2. The Morgan fingerprint density at radius 2 is 2.03 bits per heavy atom. The number of carbonyl (C=O) groups is 1. The van der Waals surface area contributed by atoms with E-state index in [0.717, 1.165) is 48.4 Å². The Hall–Kier alpha value is -3.28. The van der Waals surface area contributed by atoms with Crippen molar-refractivity contribution >= 4 is 11.7 Å². The Labute approximate surface area is 183 Å². The summed E-state index contributed by atoms with van der Waals surface area (Å²) in [6.45, 7) is 6.42. The fourth-order valence-corrected chi connectivity index (χ4v) is 3.97. The van der Waals surface area contributed by atoms with Crippen LogP contribution in [0.15, 0.2) is 54.9 Å². The SMILES string of the molecule is Cc1ccc(-c2ccc(N3CCC[C@H](C(=O)NCCc4cccnc4)C3)nn2)cc1C. The van der Waals surface area contributed by atoms with Crippen molar-refractivity contribution in [3.63, 3.8) is 0 Å². The summed E-state index contributed by atoms with van der Waals surface area (Å²) in [5.74, 6) is 0.928. The first-order valence-corrected chi connectivity index (χ1v) is 10.9. The van der Waals surface area contributed by atoms with Crippen LogP contribution in [0, 0.1) is 19.8 Å². The molecule has 1 fully saturated rings. The van der Waals surface area contributed by atoms with Crippen LogP contribution < -0.4 is 10.2 Å². The molecular weight excluding hydrogens is 386 g/mol. The first-order valence-electron chi connectivity index (χ1n) is 10.9. The number of piperidine rings is 1. The molecule has 6 nitrogen and oxygen atoms in total. The van der Waals surface area contributed by atoms with Crippen molar-refractivity contribution in [1.29, 1.82) is 0 Å². The van der Waals surface area contributed by atoms with E-state index in [1.807, 2.05) is 30.5 Å². The van der Waals surface area contributed by atoms with Gasteiger partial charge in [-0.05, 0) is 74.1 Å². The fourth-order valence-electron chi connectivity index (χ4n) is 3.97. The van der Waals surface area contributed by atoms with Gasteiger partial charge in [-0.15, -0.1) is 10.2 Å². The van der Waals surface area contributed by atoms with Gasteiger partial charge in [0.25, 0.3) is 0 Å². The van der Waals surface area contributed by atoms with Gasteiger partial charge in [-0.3, -0.25) is 9.78 Å². The molecule has 4 rings (SSSR count). The maximum atomic E-state index is 12.7. The molecule has 0 bridgehead atoms. The molecule has 1 aliphatic heterocycles. The summed E-state index contributed by atoms with van der Waals surface area (Å²) in [6, 6.07) is 14.3. The second kappa shape index (κ2) is 9.69. The first kappa shape index (κ1) is 21.0. The molecule has 1 atom stereocenters. The zero-order chi connectivity index (χ0) is 21.6. The van der Waals surface area contributed by atoms with E-state index in [0.29, 0.717) is 13.1 Å². The number of benzene rings is 1. The standard InChI is InChI=1S/C25H29N5O/c1-18-7-8-21(15-19(18)2)23-9-10-24(29-28-23)30-14-4-6-22(17-30)25(31)27-13-11-20-5-3-12-26-16-20/h3,5,7-10,12,15-16,22H,4,6,11,13-14,17H2,1-2H3,(H,27,31)/t22-/m0/s1. The van der Waals surface area contributed by atoms with Gasteiger partial charge < -0.3 is 10.2 Å². The number of hydrogen-bond acceptors (Lipinski definition) is 5. The van der Waals surface area contributed by atoms with Gasteiger partial charge in [-0.2, -0.15) is 0 Å². The number of amides is 1. The lowest BCUT2D eigenvalue weighted by molar-refractivity contribution is -0.125. The summed E-state index contributed by atoms with van der Waals surface area (Å²) in [6.07, 6.45) is 6.27. The average molecular weight is 416 g/mol. The number of rotatable bonds is 6. The van der Waals surface area contributed by atoms with Crippen molar-refractivity contribution in [3.05, 3.63) is 71.5 Å². The summed E-state index contributed by atoms with van der Waals surface area (Å²) in [4.78, 5) is 19.0. The zero-order valence-corrected chi connectivity index (χ0v) is 18.2. The quantitative estimate of drug-likeness (QED) is 0.664. The lowest BCUT2D eigenvalue weighted by Gasteiger charge is -2.32. The lowest BCUT2D eigenvalue weighted by atomic mass is 9.97. The highest BCUT2D eigenvalue weighted by molar-refractivity contribution is 5.79. The van der Waals surface area contributed by atoms with Gasteiger partial charge in [0.2, 0.25) is 5.91 Å². The summed E-state index contributed by atoms with van der Waals surface area (Å²) in [5.41, 5.74) is 5.59. The molecule has 2 aromatic heterocycles. The van der Waals surface area contributed by atoms with Gasteiger partial charge in [0.15, 0.2) is 5.82 Å². The minimum Gasteiger partial charge on any atom is -0.355 e. The van der Waals surface area contributed by atoms with Crippen LogP contribution in [0.4, 0.5) is 5.82 Å². The van der Waals surface area contributed by atoms with Gasteiger partial charge in [0, 0.05) is 37.6 Å². The molecular formula is C25H29N5O. The molecule has 0 saturated carbocycles. The van der Waals surface area contributed by atoms with Crippen molar-refractivity contribution in [1.82, 2.24) is 20.5 Å². The number of carbonyl (C=O) groups excluding carboxylic acids is 1. The molecule has 1 aromatic carbocycles. The van der Waals surface area contributed by atoms with Crippen LogP contribution in [-0.2, 0) is 11.2 Å². The predicted octanol–water partition coefficient (Wildman–Crippen LogP) is 3.73. The number of nitrogens with one attached hydrogen (secondary N) is 1. The van der Waals surface area contributed by atoms with Crippen LogP contribution in [-0.4, -0.2) is 40.7 Å². The first-order chi connectivity index (χ1) is 15.1. The van der Waals surface area contributed by atoms with Crippen LogP contribution in [0.5, 0.6) is 0 Å². The third kappa shape index (κ3) is 5.26. The molecule has 0 unspecified atom stereocenters. The van der Waals surface area contributed by atoms with Crippen molar-refractivity contribution in [2.75, 3.05) is 24.5 Å². The summed E-state index contributed by atoms with van der Waals surface area (Å²) < 4.78 is 0. The maximum absolute atomic E-state index is 12.7. The second-order valence-corrected chi connectivity index (χ2v) is 8.26.